The highest BCUT2D eigenvalue weighted by atomic mass is 32.1. The molecule has 0 spiro atoms. The summed E-state index contributed by atoms with van der Waals surface area (Å²) in [5.74, 6) is -0.371. The zero-order valence-corrected chi connectivity index (χ0v) is 20.6. The van der Waals surface area contributed by atoms with Crippen LogP contribution in [0.15, 0.2) is 65.5 Å². The standard InChI is InChI=1S/C27H27FN4O2S/c1-18(2)32-26(33)23-9-4-3-8-22(23)25(29-32)27(34)31-14-12-30(13-15-31)17-21-10-11-24(35-21)19-6-5-7-20(28)16-19/h3-11,16,18H,12-15,17H2,1-2H3. The summed E-state index contributed by atoms with van der Waals surface area (Å²) in [7, 11) is 0. The third-order valence-corrected chi connectivity index (χ3v) is 7.45. The number of thiophene rings is 1. The highest BCUT2D eigenvalue weighted by Gasteiger charge is 2.26. The molecule has 3 heterocycles. The van der Waals surface area contributed by atoms with Crippen LogP contribution in [0.3, 0.4) is 0 Å². The molecule has 2 aromatic carbocycles. The molecule has 0 saturated carbocycles. The molecular weight excluding hydrogens is 463 g/mol. The Bertz CT molecular complexity index is 1440. The summed E-state index contributed by atoms with van der Waals surface area (Å²) in [6.07, 6.45) is 0. The number of piperazine rings is 1. The average molecular weight is 491 g/mol. The molecule has 0 atom stereocenters. The van der Waals surface area contributed by atoms with E-state index in [1.807, 2.05) is 43.0 Å². The van der Waals surface area contributed by atoms with E-state index in [0.717, 1.165) is 30.1 Å². The minimum atomic E-state index is -0.232. The Balaban J connectivity index is 1.28. The Morgan fingerprint density at radius 3 is 2.46 bits per heavy atom. The summed E-state index contributed by atoms with van der Waals surface area (Å²) < 4.78 is 15.0. The van der Waals surface area contributed by atoms with Gasteiger partial charge in [0.05, 0.1) is 11.4 Å². The second kappa shape index (κ2) is 9.71. The van der Waals surface area contributed by atoms with E-state index < -0.39 is 0 Å². The fraction of sp³-hybridized carbons (Fsp3) is 0.296. The van der Waals surface area contributed by atoms with Gasteiger partial charge in [-0.1, -0.05) is 30.3 Å². The Hall–Kier alpha value is -3.36. The molecule has 1 aliphatic rings. The van der Waals surface area contributed by atoms with Gasteiger partial charge in [-0.2, -0.15) is 5.10 Å². The second-order valence-corrected chi connectivity index (χ2v) is 10.3. The van der Waals surface area contributed by atoms with Crippen molar-refractivity contribution >= 4 is 28.0 Å². The normalized spacial score (nSPS) is 14.7. The van der Waals surface area contributed by atoms with Crippen molar-refractivity contribution in [2.75, 3.05) is 26.2 Å². The highest BCUT2D eigenvalue weighted by molar-refractivity contribution is 7.15. The smallest absolute Gasteiger partial charge is 0.275 e. The molecule has 1 aliphatic heterocycles. The Morgan fingerprint density at radius 1 is 1.00 bits per heavy atom. The fourth-order valence-electron chi connectivity index (χ4n) is 4.45. The quantitative estimate of drug-likeness (QED) is 0.403. The molecule has 4 aromatic rings. The van der Waals surface area contributed by atoms with E-state index in [4.69, 9.17) is 0 Å². The molecule has 0 bridgehead atoms. The molecule has 0 radical (unpaired) electrons. The second-order valence-electron chi connectivity index (χ2n) is 9.08. The van der Waals surface area contributed by atoms with Crippen molar-refractivity contribution in [1.82, 2.24) is 19.6 Å². The summed E-state index contributed by atoms with van der Waals surface area (Å²) in [5.41, 5.74) is 1.05. The van der Waals surface area contributed by atoms with Crippen molar-refractivity contribution in [2.24, 2.45) is 0 Å². The van der Waals surface area contributed by atoms with Gasteiger partial charge in [-0.05, 0) is 49.7 Å². The lowest BCUT2D eigenvalue weighted by atomic mass is 10.1. The predicted molar refractivity (Wildman–Crippen MR) is 137 cm³/mol. The van der Waals surface area contributed by atoms with Crippen molar-refractivity contribution in [3.05, 3.63) is 87.4 Å². The maximum absolute atomic E-state index is 13.6. The minimum absolute atomic E-state index is 0.139. The van der Waals surface area contributed by atoms with Gasteiger partial charge in [0.15, 0.2) is 5.69 Å². The largest absolute Gasteiger partial charge is 0.335 e. The summed E-state index contributed by atoms with van der Waals surface area (Å²) in [6.45, 7) is 7.26. The first-order chi connectivity index (χ1) is 16.9. The van der Waals surface area contributed by atoms with Gasteiger partial charge in [-0.15, -0.1) is 11.3 Å². The zero-order valence-electron chi connectivity index (χ0n) is 19.8. The van der Waals surface area contributed by atoms with Gasteiger partial charge in [0.2, 0.25) is 0 Å². The van der Waals surface area contributed by atoms with Gasteiger partial charge in [-0.25, -0.2) is 9.07 Å². The topological polar surface area (TPSA) is 58.4 Å². The van der Waals surface area contributed by atoms with Crippen LogP contribution in [0.2, 0.25) is 0 Å². The number of amides is 1. The van der Waals surface area contributed by atoms with E-state index in [9.17, 15) is 14.0 Å². The first kappa shape index (κ1) is 23.4. The number of hydrogen-bond donors (Lipinski definition) is 0. The summed E-state index contributed by atoms with van der Waals surface area (Å²) in [5, 5.41) is 5.59. The highest BCUT2D eigenvalue weighted by Crippen LogP contribution is 2.29. The van der Waals surface area contributed by atoms with Gasteiger partial charge in [0.1, 0.15) is 5.82 Å². The molecule has 35 heavy (non-hydrogen) atoms. The average Bonchev–Trinajstić information content (AvgIpc) is 3.33. The number of benzene rings is 2. The van der Waals surface area contributed by atoms with Crippen LogP contribution in [0.4, 0.5) is 4.39 Å². The number of halogens is 1. The third-order valence-electron chi connectivity index (χ3n) is 6.33. The van der Waals surface area contributed by atoms with Crippen molar-refractivity contribution in [3.8, 4) is 10.4 Å². The minimum Gasteiger partial charge on any atom is -0.335 e. The SMILES string of the molecule is CC(C)n1nc(C(=O)N2CCN(Cc3ccc(-c4cccc(F)c4)s3)CC2)c2ccccc2c1=O. The molecule has 1 fully saturated rings. The van der Waals surface area contributed by atoms with Crippen LogP contribution < -0.4 is 5.56 Å². The number of carbonyl (C=O) groups is 1. The molecule has 180 valence electrons. The van der Waals surface area contributed by atoms with E-state index in [-0.39, 0.29) is 23.3 Å². The third kappa shape index (κ3) is 4.76. The number of carbonyl (C=O) groups excluding carboxylic acids is 1. The molecule has 0 N–H and O–H groups in total. The summed E-state index contributed by atoms with van der Waals surface area (Å²) in [4.78, 5) is 32.7. The number of aromatic nitrogens is 2. The molecular formula is C27H27FN4O2S. The van der Waals surface area contributed by atoms with Crippen LogP contribution in [0.25, 0.3) is 21.2 Å². The van der Waals surface area contributed by atoms with Crippen LogP contribution >= 0.6 is 11.3 Å². The first-order valence-electron chi connectivity index (χ1n) is 11.8. The lowest BCUT2D eigenvalue weighted by Gasteiger charge is -2.34. The monoisotopic (exact) mass is 490 g/mol. The molecule has 6 nitrogen and oxygen atoms in total. The molecule has 0 aliphatic carbocycles. The molecule has 1 saturated heterocycles. The summed E-state index contributed by atoms with van der Waals surface area (Å²) >= 11 is 1.67. The zero-order chi connectivity index (χ0) is 24.5. The van der Waals surface area contributed by atoms with Gasteiger partial charge in [0, 0.05) is 47.9 Å². The van der Waals surface area contributed by atoms with E-state index in [0.29, 0.717) is 29.6 Å². The van der Waals surface area contributed by atoms with Gasteiger partial charge >= 0.3 is 0 Å². The van der Waals surface area contributed by atoms with Gasteiger partial charge in [-0.3, -0.25) is 14.5 Å². The number of hydrogen-bond acceptors (Lipinski definition) is 5. The van der Waals surface area contributed by atoms with Crippen LogP contribution in [0.5, 0.6) is 0 Å². The van der Waals surface area contributed by atoms with E-state index in [2.05, 4.69) is 16.1 Å². The van der Waals surface area contributed by atoms with Gasteiger partial charge in [0.25, 0.3) is 11.5 Å². The molecule has 1 amide bonds. The maximum Gasteiger partial charge on any atom is 0.275 e. The van der Waals surface area contributed by atoms with Crippen molar-refractivity contribution in [3.63, 3.8) is 0 Å². The molecule has 8 heteroatoms. The lowest BCUT2D eigenvalue weighted by Crippen LogP contribution is -2.48. The van der Waals surface area contributed by atoms with Gasteiger partial charge < -0.3 is 4.90 Å². The van der Waals surface area contributed by atoms with E-state index >= 15 is 0 Å². The van der Waals surface area contributed by atoms with Crippen molar-refractivity contribution < 1.29 is 9.18 Å². The van der Waals surface area contributed by atoms with Crippen LogP contribution in [-0.4, -0.2) is 51.7 Å². The Morgan fingerprint density at radius 2 is 1.74 bits per heavy atom. The van der Waals surface area contributed by atoms with Crippen molar-refractivity contribution in [2.45, 2.75) is 26.4 Å². The predicted octanol–water partition coefficient (Wildman–Crippen LogP) is 4.80. The van der Waals surface area contributed by atoms with E-state index in [1.54, 1.807) is 35.6 Å². The van der Waals surface area contributed by atoms with Crippen LogP contribution in [0.1, 0.15) is 35.3 Å². The lowest BCUT2D eigenvalue weighted by molar-refractivity contribution is 0.0623. The fourth-order valence-corrected chi connectivity index (χ4v) is 5.50. The number of rotatable bonds is 5. The summed E-state index contributed by atoms with van der Waals surface area (Å²) in [6, 6.07) is 17.8. The van der Waals surface area contributed by atoms with Crippen LogP contribution in [-0.2, 0) is 6.54 Å². The molecule has 2 aromatic heterocycles. The van der Waals surface area contributed by atoms with Crippen LogP contribution in [0, 0.1) is 5.82 Å². The van der Waals surface area contributed by atoms with E-state index in [1.165, 1.54) is 15.6 Å². The first-order valence-corrected chi connectivity index (χ1v) is 12.6. The van der Waals surface area contributed by atoms with Crippen molar-refractivity contribution in [1.29, 1.82) is 0 Å². The maximum atomic E-state index is 13.6. The Kier molecular flexibility index (Phi) is 6.49. The molecule has 5 rings (SSSR count). The number of nitrogens with zero attached hydrogens (tertiary/aromatic N) is 4. The molecule has 0 unspecified atom stereocenters. The number of fused-ring (bicyclic) bond motifs is 1. The Labute approximate surface area is 207 Å².